The largest absolute Gasteiger partial charge is 0.399 e. The average Bonchev–Trinajstić information content (AvgIpc) is 2.29. The topological polar surface area (TPSA) is 55.1 Å². The molecule has 0 aliphatic carbocycles. The first-order valence-electron chi connectivity index (χ1n) is 5.08. The van der Waals surface area contributed by atoms with Gasteiger partial charge in [0, 0.05) is 15.8 Å². The molecule has 0 bridgehead atoms. The molecule has 2 aromatic rings. The average molecular weight is 291 g/mol. The van der Waals surface area contributed by atoms with Crippen LogP contribution in [0.5, 0.6) is 0 Å². The lowest BCUT2D eigenvalue weighted by molar-refractivity contribution is 0.102. The molecule has 0 radical (unpaired) electrons. The van der Waals surface area contributed by atoms with Gasteiger partial charge in [-0.1, -0.05) is 18.2 Å². The van der Waals surface area contributed by atoms with E-state index in [0.29, 0.717) is 16.9 Å². The summed E-state index contributed by atoms with van der Waals surface area (Å²) in [6.45, 7) is 0. The molecule has 0 aromatic heterocycles. The first-order chi connectivity index (χ1) is 8.16. The fourth-order valence-corrected chi connectivity index (χ4v) is 1.93. The van der Waals surface area contributed by atoms with Crippen LogP contribution in [0.2, 0.25) is 0 Å². The predicted molar refractivity (Wildman–Crippen MR) is 72.9 cm³/mol. The molecule has 0 aliphatic rings. The molecule has 17 heavy (non-hydrogen) atoms. The number of hydrogen-bond donors (Lipinski definition) is 2. The van der Waals surface area contributed by atoms with Crippen LogP contribution < -0.4 is 11.1 Å². The van der Waals surface area contributed by atoms with E-state index in [4.69, 9.17) is 5.73 Å². The number of carbonyl (C=O) groups excluding carboxylic acids is 1. The number of rotatable bonds is 2. The summed E-state index contributed by atoms with van der Waals surface area (Å²) in [5.74, 6) is -0.164. The Morgan fingerprint density at radius 3 is 2.59 bits per heavy atom. The second-order valence-electron chi connectivity index (χ2n) is 3.56. The molecular formula is C13H11BrN2O. The minimum absolute atomic E-state index is 0.164. The fourth-order valence-electron chi connectivity index (χ4n) is 1.46. The molecule has 0 saturated heterocycles. The third-order valence-corrected chi connectivity index (χ3v) is 2.95. The fraction of sp³-hybridized carbons (Fsp3) is 0. The van der Waals surface area contributed by atoms with Crippen LogP contribution in [0.25, 0.3) is 0 Å². The first-order valence-corrected chi connectivity index (χ1v) is 5.87. The monoisotopic (exact) mass is 290 g/mol. The summed E-state index contributed by atoms with van der Waals surface area (Å²) >= 11 is 3.34. The van der Waals surface area contributed by atoms with Crippen molar-refractivity contribution in [3.8, 4) is 0 Å². The molecule has 0 saturated carbocycles. The van der Waals surface area contributed by atoms with Crippen LogP contribution in [0.3, 0.4) is 0 Å². The zero-order valence-electron chi connectivity index (χ0n) is 8.98. The van der Waals surface area contributed by atoms with E-state index in [9.17, 15) is 4.79 Å². The van der Waals surface area contributed by atoms with Gasteiger partial charge in [0.05, 0.1) is 5.56 Å². The highest BCUT2D eigenvalue weighted by Gasteiger charge is 2.09. The van der Waals surface area contributed by atoms with E-state index in [1.165, 1.54) is 0 Å². The van der Waals surface area contributed by atoms with Gasteiger partial charge in [-0.15, -0.1) is 0 Å². The van der Waals surface area contributed by atoms with Gasteiger partial charge in [-0.05, 0) is 46.3 Å². The summed E-state index contributed by atoms with van der Waals surface area (Å²) in [6, 6.07) is 14.3. The zero-order valence-corrected chi connectivity index (χ0v) is 10.6. The van der Waals surface area contributed by atoms with E-state index >= 15 is 0 Å². The Balaban J connectivity index is 2.20. The highest BCUT2D eigenvalue weighted by Crippen LogP contribution is 2.18. The minimum Gasteiger partial charge on any atom is -0.399 e. The van der Waals surface area contributed by atoms with Gasteiger partial charge in [-0.25, -0.2) is 0 Å². The number of nitrogens with two attached hydrogens (primary N) is 1. The van der Waals surface area contributed by atoms with Crippen LogP contribution in [0, 0.1) is 0 Å². The Bertz CT molecular complexity index is 555. The van der Waals surface area contributed by atoms with Gasteiger partial charge in [0.2, 0.25) is 0 Å². The third kappa shape index (κ3) is 2.85. The molecule has 2 aromatic carbocycles. The van der Waals surface area contributed by atoms with Gasteiger partial charge in [-0.3, -0.25) is 4.79 Å². The van der Waals surface area contributed by atoms with Crippen molar-refractivity contribution in [1.29, 1.82) is 0 Å². The molecule has 3 nitrogen and oxygen atoms in total. The van der Waals surface area contributed by atoms with Crippen LogP contribution in [0.4, 0.5) is 11.4 Å². The van der Waals surface area contributed by atoms with Gasteiger partial charge in [0.25, 0.3) is 5.91 Å². The highest BCUT2D eigenvalue weighted by molar-refractivity contribution is 9.10. The molecule has 2 rings (SSSR count). The Morgan fingerprint density at radius 2 is 1.88 bits per heavy atom. The number of halogens is 1. The van der Waals surface area contributed by atoms with E-state index in [2.05, 4.69) is 21.2 Å². The number of nitrogen functional groups attached to an aromatic ring is 1. The quantitative estimate of drug-likeness (QED) is 0.834. The van der Waals surface area contributed by atoms with E-state index in [1.54, 1.807) is 30.3 Å². The maximum Gasteiger partial charge on any atom is 0.256 e. The molecule has 86 valence electrons. The van der Waals surface area contributed by atoms with E-state index in [0.717, 1.165) is 4.47 Å². The van der Waals surface area contributed by atoms with Crippen molar-refractivity contribution >= 4 is 33.2 Å². The van der Waals surface area contributed by atoms with Crippen LogP contribution >= 0.6 is 15.9 Å². The maximum absolute atomic E-state index is 12.0. The maximum atomic E-state index is 12.0. The number of amides is 1. The number of carbonyl (C=O) groups is 1. The number of benzene rings is 2. The van der Waals surface area contributed by atoms with Gasteiger partial charge in [0.1, 0.15) is 0 Å². The van der Waals surface area contributed by atoms with E-state index < -0.39 is 0 Å². The van der Waals surface area contributed by atoms with E-state index in [-0.39, 0.29) is 5.91 Å². The molecule has 0 aliphatic heterocycles. The number of nitrogens with one attached hydrogen (secondary N) is 1. The Labute approximate surface area is 108 Å². The van der Waals surface area contributed by atoms with Crippen LogP contribution in [-0.4, -0.2) is 5.91 Å². The molecule has 0 unspecified atom stereocenters. The van der Waals surface area contributed by atoms with Crippen molar-refractivity contribution in [3.05, 3.63) is 58.6 Å². The van der Waals surface area contributed by atoms with Crippen molar-refractivity contribution in [3.63, 3.8) is 0 Å². The van der Waals surface area contributed by atoms with Crippen molar-refractivity contribution in [2.75, 3.05) is 11.1 Å². The van der Waals surface area contributed by atoms with Crippen molar-refractivity contribution in [1.82, 2.24) is 0 Å². The van der Waals surface area contributed by atoms with Crippen LogP contribution in [0.1, 0.15) is 10.4 Å². The molecule has 0 spiro atoms. The molecule has 3 N–H and O–H groups in total. The zero-order chi connectivity index (χ0) is 12.3. The van der Waals surface area contributed by atoms with Crippen molar-refractivity contribution in [2.45, 2.75) is 0 Å². The first kappa shape index (κ1) is 11.7. The summed E-state index contributed by atoms with van der Waals surface area (Å²) in [5.41, 5.74) is 7.54. The van der Waals surface area contributed by atoms with E-state index in [1.807, 2.05) is 18.2 Å². The summed E-state index contributed by atoms with van der Waals surface area (Å²) in [4.78, 5) is 12.0. The highest BCUT2D eigenvalue weighted by atomic mass is 79.9. The Morgan fingerprint density at radius 1 is 1.12 bits per heavy atom. The van der Waals surface area contributed by atoms with Gasteiger partial charge in [0.15, 0.2) is 0 Å². The van der Waals surface area contributed by atoms with Gasteiger partial charge >= 0.3 is 0 Å². The third-order valence-electron chi connectivity index (χ3n) is 2.26. The van der Waals surface area contributed by atoms with Crippen molar-refractivity contribution < 1.29 is 4.79 Å². The molecule has 1 amide bonds. The molecular weight excluding hydrogens is 280 g/mol. The van der Waals surface area contributed by atoms with Crippen LogP contribution in [-0.2, 0) is 0 Å². The molecule has 0 heterocycles. The lowest BCUT2D eigenvalue weighted by atomic mass is 10.2. The number of anilines is 2. The summed E-state index contributed by atoms with van der Waals surface area (Å²) in [5, 5.41) is 2.79. The lowest BCUT2D eigenvalue weighted by Crippen LogP contribution is -2.12. The second-order valence-corrected chi connectivity index (χ2v) is 4.41. The second kappa shape index (κ2) is 5.01. The molecule has 4 heteroatoms. The summed E-state index contributed by atoms with van der Waals surface area (Å²) < 4.78 is 0.765. The Kier molecular flexibility index (Phi) is 3.44. The molecule has 0 atom stereocenters. The Hall–Kier alpha value is -1.81. The smallest absolute Gasteiger partial charge is 0.256 e. The number of hydrogen-bond acceptors (Lipinski definition) is 2. The normalized spacial score (nSPS) is 9.94. The standard InChI is InChI=1S/C13H11BrN2O/c14-12-7-2-1-6-11(12)13(17)16-10-5-3-4-9(15)8-10/h1-8H,15H2,(H,16,17). The summed E-state index contributed by atoms with van der Waals surface area (Å²) in [6.07, 6.45) is 0. The molecule has 0 fully saturated rings. The lowest BCUT2D eigenvalue weighted by Gasteiger charge is -2.07. The van der Waals surface area contributed by atoms with Crippen molar-refractivity contribution in [2.24, 2.45) is 0 Å². The SMILES string of the molecule is Nc1cccc(NC(=O)c2ccccc2Br)c1. The predicted octanol–water partition coefficient (Wildman–Crippen LogP) is 3.28. The van der Waals surface area contributed by atoms with Gasteiger partial charge in [-0.2, -0.15) is 0 Å². The van der Waals surface area contributed by atoms with Crippen LogP contribution in [0.15, 0.2) is 53.0 Å². The summed E-state index contributed by atoms with van der Waals surface area (Å²) in [7, 11) is 0. The minimum atomic E-state index is -0.164. The van der Waals surface area contributed by atoms with Gasteiger partial charge < -0.3 is 11.1 Å².